The summed E-state index contributed by atoms with van der Waals surface area (Å²) in [6, 6.07) is 7.57. The van der Waals surface area contributed by atoms with Crippen molar-refractivity contribution in [3.8, 4) is 0 Å². The van der Waals surface area contributed by atoms with E-state index < -0.39 is 0 Å². The van der Waals surface area contributed by atoms with Crippen molar-refractivity contribution in [3.63, 3.8) is 0 Å². The predicted molar refractivity (Wildman–Crippen MR) is 149 cm³/mol. The standard InChI is InChI=1S/C23H29FN4O2S.2CH5N.Tl/c1-3-17(11-18(24)4-2)22(9-6-10-29)28-16-26-14-20(28)13-25-15-23(30)27-19-7-5-8-21(31)12-19;2*1-2;/h3-5,7-8,11-12,14,16,22,25,29,31H,1,6,9-10,13,15H2,2H3,(H,27,30);2*2H2,1H3;/q;;;+1/p-1/b17-11+,18-4+;;;. The molecule has 1 atom stereocenters. The van der Waals surface area contributed by atoms with Crippen molar-refractivity contribution in [3.05, 3.63) is 78.7 Å². The first-order chi connectivity index (χ1) is 17.5. The summed E-state index contributed by atoms with van der Waals surface area (Å²) in [5.41, 5.74) is 11.3. The number of imidazole rings is 1. The summed E-state index contributed by atoms with van der Waals surface area (Å²) >= 11 is 0.796. The number of nitrogens with two attached hydrogens (primary N) is 2. The summed E-state index contributed by atoms with van der Waals surface area (Å²) in [5, 5.41) is 15.4. The van der Waals surface area contributed by atoms with Crippen LogP contribution in [0.15, 0.2) is 77.9 Å². The summed E-state index contributed by atoms with van der Waals surface area (Å²) in [6.07, 6.45) is 9.02. The monoisotopic (exact) mass is 710 g/mol. The average molecular weight is 710 g/mol. The molecule has 1 heterocycles. The van der Waals surface area contributed by atoms with Gasteiger partial charge < -0.3 is 16.6 Å². The first kappa shape index (κ1) is 34.2. The molecule has 0 fully saturated rings. The summed E-state index contributed by atoms with van der Waals surface area (Å²) in [4.78, 5) is 17.7. The van der Waals surface area contributed by atoms with Gasteiger partial charge in [-0.25, -0.2) is 4.39 Å². The second kappa shape index (κ2) is 21.3. The van der Waals surface area contributed by atoms with E-state index in [9.17, 15) is 14.3 Å². The van der Waals surface area contributed by atoms with Crippen LogP contribution in [0.1, 0.15) is 31.5 Å². The van der Waals surface area contributed by atoms with Crippen LogP contribution in [0.3, 0.4) is 0 Å². The maximum atomic E-state index is 13.9. The van der Waals surface area contributed by atoms with E-state index in [0.29, 0.717) is 25.0 Å². The van der Waals surface area contributed by atoms with Crippen molar-refractivity contribution in [1.82, 2.24) is 14.9 Å². The molecule has 0 aliphatic rings. The number of nitrogens with one attached hydrogen (secondary N) is 2. The van der Waals surface area contributed by atoms with Gasteiger partial charge in [-0.05, 0) is 45.5 Å². The third-order valence-electron chi connectivity index (χ3n) is 4.76. The van der Waals surface area contributed by atoms with Gasteiger partial charge in [0.2, 0.25) is 0 Å². The largest absolute Gasteiger partial charge is 0.333 e. The van der Waals surface area contributed by atoms with Gasteiger partial charge >= 0.3 is 136 Å². The topological polar surface area (TPSA) is 131 Å². The number of benzene rings is 1. The predicted octanol–water partition coefficient (Wildman–Crippen LogP) is 3.24. The number of carbonyl (C=O) groups is 1. The fourth-order valence-corrected chi connectivity index (χ4v) is 5.25. The van der Waals surface area contributed by atoms with Crippen LogP contribution in [0.5, 0.6) is 0 Å². The van der Waals surface area contributed by atoms with Crippen LogP contribution in [-0.4, -0.2) is 72.1 Å². The van der Waals surface area contributed by atoms with Gasteiger partial charge in [-0.3, -0.25) is 0 Å². The molecule has 11 heteroatoms. The minimum absolute atomic E-state index is 0.0375. The van der Waals surface area contributed by atoms with Crippen molar-refractivity contribution < 1.29 is 14.3 Å². The van der Waals surface area contributed by atoms with E-state index in [-0.39, 0.29) is 30.9 Å². The zero-order chi connectivity index (χ0) is 27.3. The molecule has 8 nitrogen and oxygen atoms in total. The molecule has 2 aromatic rings. The van der Waals surface area contributed by atoms with Gasteiger partial charge in [0.05, 0.1) is 0 Å². The molecule has 0 bridgehead atoms. The van der Waals surface area contributed by atoms with E-state index in [0.717, 1.165) is 40.5 Å². The summed E-state index contributed by atoms with van der Waals surface area (Å²) in [5.74, 6) is -0.480. The van der Waals surface area contributed by atoms with Crippen LogP contribution in [0.4, 0.5) is 10.1 Å². The molecule has 1 amide bonds. The SMILES string of the molecule is C=C/C(=C\C(F)=C/C)C(CCCO)n1cncc1CNCC(=O)Nc1cccc([S][Tl])c1.CN.CN. The minimum Gasteiger partial charge on any atom is -0.333 e. The van der Waals surface area contributed by atoms with Crippen LogP contribution in [0, 0.1) is 0 Å². The molecule has 0 spiro atoms. The molecule has 0 aliphatic heterocycles. The number of halogens is 1. The van der Waals surface area contributed by atoms with Crippen molar-refractivity contribution in [2.24, 2.45) is 11.5 Å². The molecule has 1 aromatic carbocycles. The minimum atomic E-state index is -0.348. The van der Waals surface area contributed by atoms with Gasteiger partial charge in [-0.15, -0.1) is 0 Å². The summed E-state index contributed by atoms with van der Waals surface area (Å²) in [6.45, 7) is 6.05. The van der Waals surface area contributed by atoms with Crippen molar-refractivity contribution in [2.45, 2.75) is 37.2 Å². The fourth-order valence-electron chi connectivity index (χ4n) is 3.19. The maximum Gasteiger partial charge on any atom is -0.0195 e. The molecule has 0 saturated carbocycles. The number of carbonyl (C=O) groups excluding carboxylic acids is 1. The van der Waals surface area contributed by atoms with E-state index in [2.05, 4.69) is 33.7 Å². The Balaban J connectivity index is 0.00000291. The number of aromatic nitrogens is 2. The van der Waals surface area contributed by atoms with Crippen LogP contribution in [-0.2, 0) is 11.3 Å². The van der Waals surface area contributed by atoms with E-state index >= 15 is 0 Å². The second-order valence-corrected chi connectivity index (χ2v) is 10.4. The molecule has 0 radical (unpaired) electrons. The third kappa shape index (κ3) is 12.4. The van der Waals surface area contributed by atoms with Crippen LogP contribution in [0.2, 0.25) is 0 Å². The third-order valence-corrected chi connectivity index (χ3v) is 8.46. The first-order valence-corrected chi connectivity index (χ1v) is 17.8. The van der Waals surface area contributed by atoms with Crippen molar-refractivity contribution in [2.75, 3.05) is 32.6 Å². The molecular formula is C25H38FN6O2STl. The number of nitrogens with zero attached hydrogens (tertiary/aromatic N) is 2. The quantitative estimate of drug-likeness (QED) is 0.160. The first-order valence-electron chi connectivity index (χ1n) is 11.4. The number of amides is 1. The van der Waals surface area contributed by atoms with Gasteiger partial charge in [0.1, 0.15) is 5.83 Å². The summed E-state index contributed by atoms with van der Waals surface area (Å²) < 4.78 is 15.9. The molecule has 1 unspecified atom stereocenters. The Bertz CT molecular complexity index is 968. The van der Waals surface area contributed by atoms with Crippen LogP contribution < -0.4 is 22.1 Å². The Morgan fingerprint density at radius 3 is 2.69 bits per heavy atom. The number of aliphatic hydroxyl groups excluding tert-OH is 1. The molecule has 36 heavy (non-hydrogen) atoms. The molecule has 7 N–H and O–H groups in total. The van der Waals surface area contributed by atoms with E-state index in [1.807, 2.05) is 28.8 Å². The van der Waals surface area contributed by atoms with Crippen molar-refractivity contribution in [1.29, 1.82) is 0 Å². The maximum absolute atomic E-state index is 13.9. The van der Waals surface area contributed by atoms with Gasteiger partial charge in [-0.1, -0.05) is 18.7 Å². The van der Waals surface area contributed by atoms with Gasteiger partial charge in [0.25, 0.3) is 0 Å². The number of hydrogen-bond donors (Lipinski definition) is 5. The number of rotatable bonds is 13. The second-order valence-electron chi connectivity index (χ2n) is 6.99. The Labute approximate surface area is 232 Å². The normalized spacial score (nSPS) is 11.9. The number of aliphatic hydroxyl groups is 1. The Kier molecular flexibility index (Phi) is 20.2. The Morgan fingerprint density at radius 2 is 2.08 bits per heavy atom. The van der Waals surface area contributed by atoms with Crippen LogP contribution in [0.25, 0.3) is 0 Å². The molecule has 2 rings (SSSR count). The number of allylic oxidation sites excluding steroid dienone is 5. The van der Waals surface area contributed by atoms with Crippen LogP contribution >= 0.6 is 8.31 Å². The number of anilines is 1. The molecule has 1 aromatic heterocycles. The smallest absolute Gasteiger partial charge is 0.0195 e. The van der Waals surface area contributed by atoms with Gasteiger partial charge in [0, 0.05) is 6.61 Å². The fraction of sp³-hybridized carbons (Fsp3) is 0.360. The Hall–Kier alpha value is -1.84. The van der Waals surface area contributed by atoms with E-state index in [1.54, 1.807) is 33.8 Å². The zero-order valence-corrected chi connectivity index (χ0v) is 26.6. The van der Waals surface area contributed by atoms with E-state index in [4.69, 9.17) is 0 Å². The molecule has 0 aliphatic carbocycles. The molecular weight excluding hydrogens is 672 g/mol. The molecule has 196 valence electrons. The van der Waals surface area contributed by atoms with E-state index in [1.165, 1.54) is 26.2 Å². The van der Waals surface area contributed by atoms with Crippen molar-refractivity contribution >= 4 is 44.2 Å². The average Bonchev–Trinajstić information content (AvgIpc) is 3.38. The number of hydrogen-bond acceptors (Lipinski definition) is 7. The zero-order valence-electron chi connectivity index (χ0n) is 21.3. The summed E-state index contributed by atoms with van der Waals surface area (Å²) in [7, 11) is 4.78. The molecule has 0 saturated heterocycles. The van der Waals surface area contributed by atoms with Gasteiger partial charge in [0.15, 0.2) is 0 Å². The Morgan fingerprint density at radius 1 is 1.36 bits per heavy atom. The van der Waals surface area contributed by atoms with Gasteiger partial charge in [-0.2, -0.15) is 0 Å².